The van der Waals surface area contributed by atoms with Gasteiger partial charge in [0, 0.05) is 0 Å². The fourth-order valence-electron chi connectivity index (χ4n) is 3.07. The Morgan fingerprint density at radius 2 is 1.76 bits per heavy atom. The normalized spacial score (nSPS) is 14.9. The smallest absolute Gasteiger partial charge is 0.0149 e. The molecule has 2 aromatic rings. The first kappa shape index (κ1) is 10.8. The van der Waals surface area contributed by atoms with E-state index in [1.165, 1.54) is 54.9 Å². The van der Waals surface area contributed by atoms with Crippen LogP contribution in [0.25, 0.3) is 10.8 Å². The Kier molecular flexibility index (Phi) is 2.88. The van der Waals surface area contributed by atoms with E-state index in [4.69, 9.17) is 0 Å². The van der Waals surface area contributed by atoms with E-state index in [0.717, 1.165) is 0 Å². The minimum Gasteiger partial charge on any atom is -0.0651 e. The van der Waals surface area contributed by atoms with E-state index in [1.54, 1.807) is 11.1 Å². The molecule has 0 bridgehead atoms. The van der Waals surface area contributed by atoms with E-state index in [2.05, 4.69) is 37.3 Å². The topological polar surface area (TPSA) is 0 Å². The monoisotopic (exact) mass is 224 g/mol. The highest BCUT2D eigenvalue weighted by molar-refractivity contribution is 5.87. The number of hydrogen-bond donors (Lipinski definition) is 0. The van der Waals surface area contributed by atoms with Crippen LogP contribution in [-0.4, -0.2) is 0 Å². The Morgan fingerprint density at radius 1 is 1.00 bits per heavy atom. The summed E-state index contributed by atoms with van der Waals surface area (Å²) in [5.74, 6) is 0. The molecule has 1 aliphatic rings. The molecule has 0 radical (unpaired) electrons. The standard InChI is InChI=1S/C17H20/c1-2-6-13-9-5-10-16-11-14-7-3-4-8-15(14)12-17(13)16/h5,9-12H,2-4,6-8H2,1H3. The van der Waals surface area contributed by atoms with Crippen LogP contribution in [0.15, 0.2) is 30.3 Å². The van der Waals surface area contributed by atoms with Crippen LogP contribution in [0.1, 0.15) is 42.9 Å². The van der Waals surface area contributed by atoms with Crippen molar-refractivity contribution in [3.63, 3.8) is 0 Å². The van der Waals surface area contributed by atoms with Crippen molar-refractivity contribution in [2.75, 3.05) is 0 Å². The second-order valence-electron chi connectivity index (χ2n) is 5.22. The van der Waals surface area contributed by atoms with E-state index in [0.29, 0.717) is 0 Å². The van der Waals surface area contributed by atoms with Crippen LogP contribution in [0.4, 0.5) is 0 Å². The fourth-order valence-corrected chi connectivity index (χ4v) is 3.07. The summed E-state index contributed by atoms with van der Waals surface area (Å²) < 4.78 is 0. The average Bonchev–Trinajstić information content (AvgIpc) is 2.37. The van der Waals surface area contributed by atoms with E-state index < -0.39 is 0 Å². The number of aryl methyl sites for hydroxylation is 3. The van der Waals surface area contributed by atoms with E-state index >= 15 is 0 Å². The summed E-state index contributed by atoms with van der Waals surface area (Å²) in [7, 11) is 0. The first-order valence-corrected chi connectivity index (χ1v) is 6.92. The fraction of sp³-hybridized carbons (Fsp3) is 0.412. The maximum absolute atomic E-state index is 2.47. The van der Waals surface area contributed by atoms with Crippen molar-refractivity contribution >= 4 is 10.8 Å². The molecule has 0 fully saturated rings. The van der Waals surface area contributed by atoms with Crippen LogP contribution in [0.2, 0.25) is 0 Å². The Hall–Kier alpha value is -1.30. The van der Waals surface area contributed by atoms with Gasteiger partial charge in [0.2, 0.25) is 0 Å². The van der Waals surface area contributed by atoms with Crippen molar-refractivity contribution in [2.24, 2.45) is 0 Å². The van der Waals surface area contributed by atoms with Crippen LogP contribution in [0.5, 0.6) is 0 Å². The second-order valence-corrected chi connectivity index (χ2v) is 5.22. The highest BCUT2D eigenvalue weighted by atomic mass is 14.2. The van der Waals surface area contributed by atoms with Gasteiger partial charge in [0.05, 0.1) is 0 Å². The molecule has 0 unspecified atom stereocenters. The first-order chi connectivity index (χ1) is 8.38. The number of rotatable bonds is 2. The molecule has 17 heavy (non-hydrogen) atoms. The summed E-state index contributed by atoms with van der Waals surface area (Å²) in [6.45, 7) is 2.26. The summed E-state index contributed by atoms with van der Waals surface area (Å²) in [6, 6.07) is 11.7. The van der Waals surface area contributed by atoms with Crippen molar-refractivity contribution in [1.82, 2.24) is 0 Å². The predicted molar refractivity (Wildman–Crippen MR) is 74.6 cm³/mol. The molecule has 0 nitrogen and oxygen atoms in total. The first-order valence-electron chi connectivity index (χ1n) is 6.92. The van der Waals surface area contributed by atoms with Crippen molar-refractivity contribution < 1.29 is 0 Å². The summed E-state index contributed by atoms with van der Waals surface area (Å²) >= 11 is 0. The summed E-state index contributed by atoms with van der Waals surface area (Å²) in [6.07, 6.45) is 7.74. The van der Waals surface area contributed by atoms with Gasteiger partial charge in [0.1, 0.15) is 0 Å². The van der Waals surface area contributed by atoms with Crippen molar-refractivity contribution in [2.45, 2.75) is 45.4 Å². The molecule has 3 rings (SSSR count). The molecule has 0 N–H and O–H groups in total. The Morgan fingerprint density at radius 3 is 2.53 bits per heavy atom. The Balaban J connectivity index is 2.19. The van der Waals surface area contributed by atoms with Gasteiger partial charge in [-0.1, -0.05) is 43.7 Å². The molecule has 0 atom stereocenters. The summed E-state index contributed by atoms with van der Waals surface area (Å²) in [5, 5.41) is 2.94. The minimum absolute atomic E-state index is 1.20. The van der Waals surface area contributed by atoms with Gasteiger partial charge in [-0.3, -0.25) is 0 Å². The number of benzene rings is 2. The van der Waals surface area contributed by atoms with Gasteiger partial charge in [0.15, 0.2) is 0 Å². The van der Waals surface area contributed by atoms with Gasteiger partial charge in [-0.25, -0.2) is 0 Å². The largest absolute Gasteiger partial charge is 0.0651 e. The van der Waals surface area contributed by atoms with Gasteiger partial charge in [-0.2, -0.15) is 0 Å². The van der Waals surface area contributed by atoms with E-state index in [9.17, 15) is 0 Å². The van der Waals surface area contributed by atoms with Crippen LogP contribution < -0.4 is 0 Å². The van der Waals surface area contributed by atoms with Crippen molar-refractivity contribution in [1.29, 1.82) is 0 Å². The molecule has 88 valence electrons. The quantitative estimate of drug-likeness (QED) is 0.695. The van der Waals surface area contributed by atoms with Crippen LogP contribution >= 0.6 is 0 Å². The predicted octanol–water partition coefficient (Wildman–Crippen LogP) is 4.67. The zero-order valence-corrected chi connectivity index (χ0v) is 10.6. The molecule has 0 heteroatoms. The Bertz CT molecular complexity index is 537. The number of fused-ring (bicyclic) bond motifs is 2. The molecule has 0 amide bonds. The van der Waals surface area contributed by atoms with Crippen LogP contribution in [-0.2, 0) is 19.3 Å². The van der Waals surface area contributed by atoms with Gasteiger partial charge < -0.3 is 0 Å². The summed E-state index contributed by atoms with van der Waals surface area (Å²) in [4.78, 5) is 0. The average molecular weight is 224 g/mol. The maximum atomic E-state index is 2.47. The Labute approximate surface area is 104 Å². The molecular formula is C17H20. The van der Waals surface area contributed by atoms with Gasteiger partial charge in [0.25, 0.3) is 0 Å². The van der Waals surface area contributed by atoms with Crippen molar-refractivity contribution in [3.8, 4) is 0 Å². The second kappa shape index (κ2) is 4.52. The lowest BCUT2D eigenvalue weighted by Gasteiger charge is -2.17. The maximum Gasteiger partial charge on any atom is -0.0149 e. The van der Waals surface area contributed by atoms with Gasteiger partial charge in [-0.05, 0) is 59.6 Å². The molecule has 0 aliphatic heterocycles. The number of hydrogen-bond acceptors (Lipinski definition) is 0. The zero-order chi connectivity index (χ0) is 11.7. The third-order valence-electron chi connectivity index (χ3n) is 3.95. The summed E-state index contributed by atoms with van der Waals surface area (Å²) in [5.41, 5.74) is 4.73. The molecule has 1 aliphatic carbocycles. The van der Waals surface area contributed by atoms with Gasteiger partial charge in [-0.15, -0.1) is 0 Å². The third-order valence-corrected chi connectivity index (χ3v) is 3.95. The molecular weight excluding hydrogens is 204 g/mol. The molecule has 0 saturated heterocycles. The highest BCUT2D eigenvalue weighted by Gasteiger charge is 2.11. The van der Waals surface area contributed by atoms with Crippen LogP contribution in [0.3, 0.4) is 0 Å². The lowest BCUT2D eigenvalue weighted by atomic mass is 9.88. The molecule has 0 saturated carbocycles. The minimum atomic E-state index is 1.20. The zero-order valence-electron chi connectivity index (χ0n) is 10.6. The van der Waals surface area contributed by atoms with E-state index in [1.807, 2.05) is 0 Å². The van der Waals surface area contributed by atoms with E-state index in [-0.39, 0.29) is 0 Å². The van der Waals surface area contributed by atoms with Gasteiger partial charge >= 0.3 is 0 Å². The third kappa shape index (κ3) is 1.97. The lowest BCUT2D eigenvalue weighted by Crippen LogP contribution is -2.02. The SMILES string of the molecule is CCCc1cccc2cc3c(cc12)CCCC3. The highest BCUT2D eigenvalue weighted by Crippen LogP contribution is 2.28. The molecule has 2 aromatic carbocycles. The molecule has 0 aromatic heterocycles. The molecule has 0 spiro atoms. The van der Waals surface area contributed by atoms with Crippen molar-refractivity contribution in [3.05, 3.63) is 47.0 Å². The van der Waals surface area contributed by atoms with Crippen LogP contribution in [0, 0.1) is 0 Å². The lowest BCUT2D eigenvalue weighted by molar-refractivity contribution is 0.687. The molecule has 0 heterocycles.